The van der Waals surface area contributed by atoms with Crippen molar-refractivity contribution in [3.05, 3.63) is 28.2 Å². The average molecular weight is 309 g/mol. The summed E-state index contributed by atoms with van der Waals surface area (Å²) >= 11 is 3.43. The molecule has 1 spiro atoms. The summed E-state index contributed by atoms with van der Waals surface area (Å²) < 4.78 is 7.10. The molecule has 3 heteroatoms. The number of hydrogen-bond donors (Lipinski definition) is 0. The molecular formula is C15H17BrO2. The van der Waals surface area contributed by atoms with Gasteiger partial charge in [-0.1, -0.05) is 29.8 Å². The first-order chi connectivity index (χ1) is 8.49. The number of rotatable bonds is 1. The fourth-order valence-electron chi connectivity index (χ4n) is 3.06. The molecule has 2 nitrogen and oxygen atoms in total. The molecule has 1 aromatic carbocycles. The molecule has 1 heterocycles. The predicted octanol–water partition coefficient (Wildman–Crippen LogP) is 4.22. The van der Waals surface area contributed by atoms with Crippen LogP contribution in [-0.4, -0.2) is 11.4 Å². The number of benzene rings is 1. The zero-order valence-corrected chi connectivity index (χ0v) is 12.3. The summed E-state index contributed by atoms with van der Waals surface area (Å²) in [6.07, 6.45) is 2.58. The molecule has 1 aliphatic heterocycles. The number of hydrogen-bond acceptors (Lipinski definition) is 2. The van der Waals surface area contributed by atoms with Crippen LogP contribution in [0.5, 0.6) is 5.75 Å². The highest BCUT2D eigenvalue weighted by atomic mass is 79.9. The summed E-state index contributed by atoms with van der Waals surface area (Å²) in [5, 5.41) is 0. The number of carbonyl (C=O) groups excluding carboxylic acids is 1. The Hall–Kier alpha value is -0.830. The number of Topliss-reactive ketones (excluding diaryl/α,β-unsaturated/α-hetero) is 1. The van der Waals surface area contributed by atoms with Gasteiger partial charge in [0.2, 0.25) is 0 Å². The van der Waals surface area contributed by atoms with Crippen molar-refractivity contribution in [1.29, 1.82) is 0 Å². The molecule has 0 atom stereocenters. The maximum atomic E-state index is 12.2. The van der Waals surface area contributed by atoms with E-state index in [9.17, 15) is 4.79 Å². The van der Waals surface area contributed by atoms with Gasteiger partial charge in [0.05, 0.1) is 12.0 Å². The van der Waals surface area contributed by atoms with E-state index in [-0.39, 0.29) is 11.4 Å². The van der Waals surface area contributed by atoms with E-state index >= 15 is 0 Å². The number of ether oxygens (including phenoxy) is 1. The van der Waals surface area contributed by atoms with Crippen molar-refractivity contribution in [3.8, 4) is 5.75 Å². The van der Waals surface area contributed by atoms with Crippen LogP contribution in [0.2, 0.25) is 0 Å². The third-order valence-corrected chi connectivity index (χ3v) is 4.76. The van der Waals surface area contributed by atoms with Crippen LogP contribution in [0.15, 0.2) is 22.7 Å². The van der Waals surface area contributed by atoms with Gasteiger partial charge in [-0.3, -0.25) is 4.79 Å². The van der Waals surface area contributed by atoms with Crippen molar-refractivity contribution >= 4 is 21.7 Å². The molecule has 0 unspecified atom stereocenters. The second-order valence-electron chi connectivity index (χ2n) is 5.94. The Kier molecular flexibility index (Phi) is 2.77. The largest absolute Gasteiger partial charge is 0.486 e. The van der Waals surface area contributed by atoms with Crippen LogP contribution in [0.1, 0.15) is 43.5 Å². The number of halogens is 1. The minimum atomic E-state index is -0.209. The summed E-state index contributed by atoms with van der Waals surface area (Å²) in [6.45, 7) is 4.49. The zero-order chi connectivity index (χ0) is 12.9. The lowest BCUT2D eigenvalue weighted by atomic mass is 9.63. The van der Waals surface area contributed by atoms with Crippen molar-refractivity contribution in [2.24, 2.45) is 11.8 Å². The van der Waals surface area contributed by atoms with E-state index in [1.54, 1.807) is 0 Å². The molecule has 0 amide bonds. The Morgan fingerprint density at radius 3 is 2.78 bits per heavy atom. The molecule has 18 heavy (non-hydrogen) atoms. The predicted molar refractivity (Wildman–Crippen MR) is 74.0 cm³/mol. The molecule has 1 aliphatic carbocycles. The summed E-state index contributed by atoms with van der Waals surface area (Å²) in [4.78, 5) is 12.2. The number of ketones is 1. The Labute approximate surface area is 116 Å². The van der Waals surface area contributed by atoms with Crippen LogP contribution in [0.3, 0.4) is 0 Å². The van der Waals surface area contributed by atoms with Crippen molar-refractivity contribution in [2.75, 3.05) is 0 Å². The zero-order valence-electron chi connectivity index (χ0n) is 10.7. The van der Waals surface area contributed by atoms with E-state index < -0.39 is 0 Å². The summed E-state index contributed by atoms with van der Waals surface area (Å²) in [5.41, 5.74) is 0.525. The third-order valence-electron chi connectivity index (χ3n) is 4.26. The molecule has 0 radical (unpaired) electrons. The second-order valence-corrected chi connectivity index (χ2v) is 6.85. The Balaban J connectivity index is 1.86. The van der Waals surface area contributed by atoms with E-state index in [4.69, 9.17) is 4.74 Å². The molecule has 1 saturated carbocycles. The van der Waals surface area contributed by atoms with Gasteiger partial charge >= 0.3 is 0 Å². The van der Waals surface area contributed by atoms with Gasteiger partial charge in [-0.15, -0.1) is 0 Å². The van der Waals surface area contributed by atoms with Crippen LogP contribution in [0.4, 0.5) is 0 Å². The molecule has 1 aromatic rings. The highest BCUT2D eigenvalue weighted by molar-refractivity contribution is 9.10. The Morgan fingerprint density at radius 1 is 1.39 bits per heavy atom. The van der Waals surface area contributed by atoms with E-state index in [1.807, 2.05) is 18.2 Å². The summed E-state index contributed by atoms with van der Waals surface area (Å²) in [7, 11) is 0. The van der Waals surface area contributed by atoms with Gasteiger partial charge in [0.15, 0.2) is 5.78 Å². The van der Waals surface area contributed by atoms with Crippen LogP contribution < -0.4 is 4.74 Å². The van der Waals surface area contributed by atoms with Crippen LogP contribution >= 0.6 is 15.9 Å². The average Bonchev–Trinajstić information content (AvgIpc) is 2.24. The molecule has 3 rings (SSSR count). The molecule has 0 saturated heterocycles. The minimum absolute atomic E-state index is 0.209. The number of carbonyl (C=O) groups is 1. The van der Waals surface area contributed by atoms with Crippen LogP contribution in [0, 0.1) is 11.8 Å². The molecule has 96 valence electrons. The van der Waals surface area contributed by atoms with Gasteiger partial charge in [-0.05, 0) is 42.9 Å². The van der Waals surface area contributed by atoms with Crippen molar-refractivity contribution in [3.63, 3.8) is 0 Å². The van der Waals surface area contributed by atoms with E-state index in [0.717, 1.165) is 28.6 Å². The first-order valence-corrected chi connectivity index (χ1v) is 7.30. The van der Waals surface area contributed by atoms with E-state index in [2.05, 4.69) is 29.8 Å². The maximum Gasteiger partial charge on any atom is 0.170 e. The highest BCUT2D eigenvalue weighted by Crippen LogP contribution is 2.50. The van der Waals surface area contributed by atoms with Crippen molar-refractivity contribution < 1.29 is 9.53 Å². The molecule has 0 N–H and O–H groups in total. The van der Waals surface area contributed by atoms with Gasteiger partial charge in [-0.2, -0.15) is 0 Å². The molecule has 0 bridgehead atoms. The van der Waals surface area contributed by atoms with Crippen molar-refractivity contribution in [1.82, 2.24) is 0 Å². The van der Waals surface area contributed by atoms with Crippen LogP contribution in [-0.2, 0) is 0 Å². The normalized spacial score (nSPS) is 30.0. The topological polar surface area (TPSA) is 26.3 Å². The lowest BCUT2D eigenvalue weighted by Gasteiger charge is -2.50. The van der Waals surface area contributed by atoms with Gasteiger partial charge in [0, 0.05) is 4.47 Å². The van der Waals surface area contributed by atoms with E-state index in [0.29, 0.717) is 18.3 Å². The molecule has 1 fully saturated rings. The second kappa shape index (κ2) is 4.09. The van der Waals surface area contributed by atoms with E-state index in [1.165, 1.54) is 0 Å². The lowest BCUT2D eigenvalue weighted by Crippen LogP contribution is -2.53. The van der Waals surface area contributed by atoms with Crippen molar-refractivity contribution in [2.45, 2.75) is 38.7 Å². The monoisotopic (exact) mass is 308 g/mol. The van der Waals surface area contributed by atoms with Crippen LogP contribution in [0.25, 0.3) is 0 Å². The summed E-state index contributed by atoms with van der Waals surface area (Å²) in [6, 6.07) is 5.67. The first kappa shape index (κ1) is 12.2. The fourth-order valence-corrected chi connectivity index (χ4v) is 3.40. The fraction of sp³-hybridized carbons (Fsp3) is 0.533. The summed E-state index contributed by atoms with van der Waals surface area (Å²) in [5.74, 6) is 2.36. The van der Waals surface area contributed by atoms with Gasteiger partial charge in [0.1, 0.15) is 11.4 Å². The first-order valence-electron chi connectivity index (χ1n) is 6.51. The molecule has 2 aliphatic rings. The lowest BCUT2D eigenvalue weighted by molar-refractivity contribution is -0.0697. The van der Waals surface area contributed by atoms with Gasteiger partial charge < -0.3 is 4.74 Å². The smallest absolute Gasteiger partial charge is 0.170 e. The third kappa shape index (κ3) is 1.89. The maximum absolute atomic E-state index is 12.2. The Bertz CT molecular complexity index is 501. The minimum Gasteiger partial charge on any atom is -0.486 e. The molecular weight excluding hydrogens is 292 g/mol. The SMILES string of the molecule is CC(C)C1CC2(CC(=O)c3ccc(Br)cc3O2)C1. The number of fused-ring (bicyclic) bond motifs is 1. The molecule has 0 aromatic heterocycles. The van der Waals surface area contributed by atoms with Gasteiger partial charge in [0.25, 0.3) is 0 Å². The highest BCUT2D eigenvalue weighted by Gasteiger charge is 2.51. The standard InChI is InChI=1S/C15H17BrO2/c1-9(2)10-6-15(7-10)8-13(17)12-4-3-11(16)5-14(12)18-15/h3-5,9-10H,6-8H2,1-2H3. The quantitative estimate of drug-likeness (QED) is 0.776. The Morgan fingerprint density at radius 2 is 2.11 bits per heavy atom. The van der Waals surface area contributed by atoms with Gasteiger partial charge in [-0.25, -0.2) is 0 Å².